The lowest BCUT2D eigenvalue weighted by Gasteiger charge is -2.51. The van der Waals surface area contributed by atoms with Crippen LogP contribution in [0.2, 0.25) is 0 Å². The van der Waals surface area contributed by atoms with Crippen molar-refractivity contribution in [1.82, 2.24) is 0 Å². The van der Waals surface area contributed by atoms with Crippen LogP contribution in [0.15, 0.2) is 0 Å². The third kappa shape index (κ3) is 1.70. The van der Waals surface area contributed by atoms with Crippen molar-refractivity contribution >= 4 is 5.78 Å². The van der Waals surface area contributed by atoms with E-state index >= 15 is 0 Å². The molecule has 1 aliphatic carbocycles. The lowest BCUT2D eigenvalue weighted by atomic mass is 9.54. The van der Waals surface area contributed by atoms with Crippen LogP contribution in [0.5, 0.6) is 0 Å². The summed E-state index contributed by atoms with van der Waals surface area (Å²) in [4.78, 5) is 10.8. The number of hydrogen-bond donors (Lipinski definition) is 0. The monoisotopic (exact) mass is 168 g/mol. The molecule has 3 atom stereocenters. The van der Waals surface area contributed by atoms with E-state index in [2.05, 4.69) is 20.8 Å². The minimum absolute atomic E-state index is 0.336. The molecule has 0 amide bonds. The van der Waals surface area contributed by atoms with E-state index < -0.39 is 0 Å². The lowest BCUT2D eigenvalue weighted by molar-refractivity contribution is -0.118. The van der Waals surface area contributed by atoms with Crippen molar-refractivity contribution in [3.05, 3.63) is 0 Å². The van der Waals surface area contributed by atoms with Gasteiger partial charge in [-0.2, -0.15) is 0 Å². The van der Waals surface area contributed by atoms with E-state index in [9.17, 15) is 4.79 Å². The van der Waals surface area contributed by atoms with Crippen molar-refractivity contribution in [2.75, 3.05) is 0 Å². The molecule has 1 aliphatic rings. The number of hydrogen-bond acceptors (Lipinski definition) is 1. The Labute approximate surface area is 75.5 Å². The van der Waals surface area contributed by atoms with E-state index in [1.165, 1.54) is 6.42 Å². The molecule has 1 fully saturated rings. The number of ketones is 1. The minimum Gasteiger partial charge on any atom is -0.300 e. The Morgan fingerprint density at radius 2 is 2.08 bits per heavy atom. The van der Waals surface area contributed by atoms with E-state index in [-0.39, 0.29) is 0 Å². The molecule has 0 aliphatic heterocycles. The standard InChI is InChI=1S/C11H20O/c1-8-7-11(4,10(8)3)6-5-9(2)12/h8,10H,5-7H2,1-4H3. The molecule has 0 N–H and O–H groups in total. The van der Waals surface area contributed by atoms with Crippen molar-refractivity contribution < 1.29 is 4.79 Å². The maximum atomic E-state index is 10.8. The molecular formula is C11H20O. The molecular weight excluding hydrogens is 148 g/mol. The van der Waals surface area contributed by atoms with E-state index in [1.54, 1.807) is 6.92 Å². The summed E-state index contributed by atoms with van der Waals surface area (Å²) in [5, 5.41) is 0. The molecule has 0 heterocycles. The van der Waals surface area contributed by atoms with E-state index in [0.29, 0.717) is 11.2 Å². The van der Waals surface area contributed by atoms with Crippen LogP contribution in [0, 0.1) is 17.3 Å². The Morgan fingerprint density at radius 1 is 1.50 bits per heavy atom. The van der Waals surface area contributed by atoms with Crippen molar-refractivity contribution in [3.8, 4) is 0 Å². The normalized spacial score (nSPS) is 40.7. The predicted octanol–water partition coefficient (Wildman–Crippen LogP) is 3.04. The molecule has 0 bridgehead atoms. The maximum Gasteiger partial charge on any atom is 0.129 e. The predicted molar refractivity (Wildman–Crippen MR) is 51.0 cm³/mol. The molecule has 0 aromatic carbocycles. The Kier molecular flexibility index (Phi) is 2.60. The smallest absolute Gasteiger partial charge is 0.129 e. The van der Waals surface area contributed by atoms with Crippen LogP contribution >= 0.6 is 0 Å². The van der Waals surface area contributed by atoms with Gasteiger partial charge in [-0.05, 0) is 37.0 Å². The quantitative estimate of drug-likeness (QED) is 0.633. The van der Waals surface area contributed by atoms with E-state index in [1.807, 2.05) is 0 Å². The molecule has 0 spiro atoms. The van der Waals surface area contributed by atoms with Gasteiger partial charge in [-0.1, -0.05) is 20.8 Å². The van der Waals surface area contributed by atoms with Crippen LogP contribution in [0.1, 0.15) is 47.0 Å². The first-order valence-electron chi connectivity index (χ1n) is 4.95. The van der Waals surface area contributed by atoms with Crippen LogP contribution in [-0.4, -0.2) is 5.78 Å². The number of carbonyl (C=O) groups is 1. The third-order valence-electron chi connectivity index (χ3n) is 3.79. The molecule has 1 nitrogen and oxygen atoms in total. The van der Waals surface area contributed by atoms with Gasteiger partial charge in [-0.15, -0.1) is 0 Å². The van der Waals surface area contributed by atoms with Gasteiger partial charge in [0.25, 0.3) is 0 Å². The summed E-state index contributed by atoms with van der Waals surface area (Å²) >= 11 is 0. The molecule has 0 aromatic rings. The summed E-state index contributed by atoms with van der Waals surface area (Å²) < 4.78 is 0. The fraction of sp³-hybridized carbons (Fsp3) is 0.909. The number of rotatable bonds is 3. The highest BCUT2D eigenvalue weighted by atomic mass is 16.1. The van der Waals surface area contributed by atoms with E-state index in [4.69, 9.17) is 0 Å². The van der Waals surface area contributed by atoms with Crippen LogP contribution in [-0.2, 0) is 4.79 Å². The van der Waals surface area contributed by atoms with Gasteiger partial charge in [-0.3, -0.25) is 0 Å². The van der Waals surface area contributed by atoms with Crippen LogP contribution in [0.25, 0.3) is 0 Å². The Morgan fingerprint density at radius 3 is 2.42 bits per heavy atom. The van der Waals surface area contributed by atoms with Crippen molar-refractivity contribution in [2.24, 2.45) is 17.3 Å². The molecule has 1 saturated carbocycles. The minimum atomic E-state index is 0.336. The summed E-state index contributed by atoms with van der Waals surface area (Å²) in [6.07, 6.45) is 3.17. The third-order valence-corrected chi connectivity index (χ3v) is 3.79. The SMILES string of the molecule is CC(=O)CCC1(C)CC(C)C1C. The molecule has 0 saturated heterocycles. The Bertz CT molecular complexity index is 185. The molecule has 0 aromatic heterocycles. The van der Waals surface area contributed by atoms with Gasteiger partial charge >= 0.3 is 0 Å². The summed E-state index contributed by atoms with van der Waals surface area (Å²) in [5.74, 6) is 2.00. The zero-order chi connectivity index (χ0) is 9.35. The van der Waals surface area contributed by atoms with Gasteiger partial charge < -0.3 is 4.79 Å². The second-order valence-electron chi connectivity index (χ2n) is 4.83. The summed E-state index contributed by atoms with van der Waals surface area (Å²) in [5.41, 5.74) is 0.463. The molecule has 1 heteroatoms. The van der Waals surface area contributed by atoms with Crippen molar-refractivity contribution in [1.29, 1.82) is 0 Å². The highest BCUT2D eigenvalue weighted by molar-refractivity contribution is 5.75. The van der Waals surface area contributed by atoms with Crippen LogP contribution < -0.4 is 0 Å². The van der Waals surface area contributed by atoms with Gasteiger partial charge in [0.05, 0.1) is 0 Å². The molecule has 12 heavy (non-hydrogen) atoms. The fourth-order valence-electron chi connectivity index (χ4n) is 2.42. The zero-order valence-corrected chi connectivity index (χ0v) is 8.68. The summed E-state index contributed by atoms with van der Waals surface area (Å²) in [6.45, 7) is 8.63. The maximum absolute atomic E-state index is 10.8. The topological polar surface area (TPSA) is 17.1 Å². The second-order valence-corrected chi connectivity index (χ2v) is 4.83. The first kappa shape index (κ1) is 9.76. The Balaban J connectivity index is 2.37. The summed E-state index contributed by atoms with van der Waals surface area (Å²) in [6, 6.07) is 0. The van der Waals surface area contributed by atoms with Gasteiger partial charge in [0, 0.05) is 6.42 Å². The lowest BCUT2D eigenvalue weighted by Crippen LogP contribution is -2.42. The van der Waals surface area contributed by atoms with Gasteiger partial charge in [0.1, 0.15) is 5.78 Å². The molecule has 0 radical (unpaired) electrons. The number of carbonyl (C=O) groups excluding carboxylic acids is 1. The molecule has 3 unspecified atom stereocenters. The highest BCUT2D eigenvalue weighted by Crippen LogP contribution is 2.53. The van der Waals surface area contributed by atoms with Gasteiger partial charge in [0.2, 0.25) is 0 Å². The largest absolute Gasteiger partial charge is 0.300 e. The molecule has 70 valence electrons. The average Bonchev–Trinajstić information content (AvgIpc) is 2.00. The van der Waals surface area contributed by atoms with Crippen molar-refractivity contribution in [2.45, 2.75) is 47.0 Å². The number of Topliss-reactive ketones (excluding diaryl/α,β-unsaturated/α-hetero) is 1. The van der Waals surface area contributed by atoms with Crippen molar-refractivity contribution in [3.63, 3.8) is 0 Å². The fourth-order valence-corrected chi connectivity index (χ4v) is 2.42. The first-order valence-corrected chi connectivity index (χ1v) is 4.95. The van der Waals surface area contributed by atoms with Crippen LogP contribution in [0.4, 0.5) is 0 Å². The zero-order valence-electron chi connectivity index (χ0n) is 8.68. The van der Waals surface area contributed by atoms with Gasteiger partial charge in [0.15, 0.2) is 0 Å². The van der Waals surface area contributed by atoms with E-state index in [0.717, 1.165) is 24.7 Å². The Hall–Kier alpha value is -0.330. The average molecular weight is 168 g/mol. The molecule has 1 rings (SSSR count). The highest BCUT2D eigenvalue weighted by Gasteiger charge is 2.44. The first-order chi connectivity index (χ1) is 5.46. The van der Waals surface area contributed by atoms with Gasteiger partial charge in [-0.25, -0.2) is 0 Å². The second kappa shape index (κ2) is 3.20. The van der Waals surface area contributed by atoms with Crippen LogP contribution in [0.3, 0.4) is 0 Å². The summed E-state index contributed by atoms with van der Waals surface area (Å²) in [7, 11) is 0.